The van der Waals surface area contributed by atoms with Gasteiger partial charge < -0.3 is 5.32 Å². The Kier molecular flexibility index (Phi) is 4.30. The summed E-state index contributed by atoms with van der Waals surface area (Å²) in [5, 5.41) is 3.96. The number of sulfone groups is 1. The van der Waals surface area contributed by atoms with Crippen molar-refractivity contribution in [1.82, 2.24) is 5.32 Å². The van der Waals surface area contributed by atoms with Gasteiger partial charge in [0.2, 0.25) is 0 Å². The summed E-state index contributed by atoms with van der Waals surface area (Å²) in [4.78, 5) is 0.343. The normalized spacial score (nSPS) is 28.2. The van der Waals surface area contributed by atoms with E-state index in [9.17, 15) is 8.42 Å². The molecule has 2 bridgehead atoms. The smallest absolute Gasteiger partial charge is 0.175 e. The van der Waals surface area contributed by atoms with Crippen LogP contribution in [0.5, 0.6) is 0 Å². The van der Waals surface area contributed by atoms with Crippen molar-refractivity contribution in [3.63, 3.8) is 0 Å². The highest BCUT2D eigenvalue weighted by atomic mass is 35.5. The number of rotatable bonds is 5. The van der Waals surface area contributed by atoms with Gasteiger partial charge in [-0.3, -0.25) is 0 Å². The van der Waals surface area contributed by atoms with Gasteiger partial charge in [0.25, 0.3) is 0 Å². The fraction of sp³-hybridized carbons (Fsp3) is 0.625. The average molecular weight is 328 g/mol. The SMILES string of the molecule is CS(=O)(=O)c1cccc(Cl)c1CNCC1CC2CCC1C2. The second kappa shape index (κ2) is 5.90. The summed E-state index contributed by atoms with van der Waals surface area (Å²) in [6.07, 6.45) is 6.74. The van der Waals surface area contributed by atoms with E-state index in [1.54, 1.807) is 18.2 Å². The molecule has 0 spiro atoms. The summed E-state index contributed by atoms with van der Waals surface area (Å²) in [7, 11) is -3.24. The maximum Gasteiger partial charge on any atom is 0.175 e. The molecule has 0 heterocycles. The van der Waals surface area contributed by atoms with Gasteiger partial charge in [0.05, 0.1) is 4.90 Å². The number of nitrogens with one attached hydrogen (secondary N) is 1. The van der Waals surface area contributed by atoms with E-state index in [2.05, 4.69) is 5.32 Å². The molecular formula is C16H22ClNO2S. The summed E-state index contributed by atoms with van der Waals surface area (Å²) in [6, 6.07) is 5.08. The Morgan fingerprint density at radius 2 is 2.10 bits per heavy atom. The highest BCUT2D eigenvalue weighted by molar-refractivity contribution is 7.90. The van der Waals surface area contributed by atoms with E-state index in [-0.39, 0.29) is 0 Å². The van der Waals surface area contributed by atoms with Gasteiger partial charge in [0.15, 0.2) is 9.84 Å². The van der Waals surface area contributed by atoms with Gasteiger partial charge in [-0.25, -0.2) is 8.42 Å². The van der Waals surface area contributed by atoms with Crippen LogP contribution >= 0.6 is 11.6 Å². The van der Waals surface area contributed by atoms with E-state index in [1.165, 1.54) is 31.9 Å². The first-order valence-electron chi connectivity index (χ1n) is 7.63. The van der Waals surface area contributed by atoms with Gasteiger partial charge in [-0.15, -0.1) is 0 Å². The van der Waals surface area contributed by atoms with Gasteiger partial charge in [-0.2, -0.15) is 0 Å². The molecule has 1 aromatic carbocycles. The fourth-order valence-corrected chi connectivity index (χ4v) is 5.32. The van der Waals surface area contributed by atoms with Crippen molar-refractivity contribution < 1.29 is 8.42 Å². The standard InChI is InChI=1S/C16H22ClNO2S/c1-21(19,20)16-4-2-3-15(17)14(16)10-18-9-13-8-11-5-6-12(13)7-11/h2-4,11-13,18H,5-10H2,1H3. The van der Waals surface area contributed by atoms with E-state index in [0.717, 1.165) is 24.3 Å². The second-order valence-corrected chi connectivity index (χ2v) is 8.95. The highest BCUT2D eigenvalue weighted by Crippen LogP contribution is 2.47. The van der Waals surface area contributed by atoms with Gasteiger partial charge in [0, 0.05) is 23.4 Å². The Hall–Kier alpha value is -0.580. The molecule has 0 aromatic heterocycles. The summed E-state index contributed by atoms with van der Waals surface area (Å²) in [6.45, 7) is 1.49. The van der Waals surface area contributed by atoms with Crippen LogP contribution < -0.4 is 5.32 Å². The minimum absolute atomic E-state index is 0.343. The molecule has 0 aliphatic heterocycles. The third-order valence-corrected chi connectivity index (χ3v) is 6.60. The van der Waals surface area contributed by atoms with Crippen LogP contribution in [0.3, 0.4) is 0 Å². The quantitative estimate of drug-likeness (QED) is 0.902. The Bertz CT molecular complexity index is 629. The first kappa shape index (κ1) is 15.3. The lowest BCUT2D eigenvalue weighted by atomic mass is 9.89. The lowest BCUT2D eigenvalue weighted by Crippen LogP contribution is -2.26. The maximum absolute atomic E-state index is 11.8. The predicted molar refractivity (Wildman–Crippen MR) is 85.2 cm³/mol. The fourth-order valence-electron chi connectivity index (χ4n) is 4.07. The third kappa shape index (κ3) is 3.27. The second-order valence-electron chi connectivity index (χ2n) is 6.55. The van der Waals surface area contributed by atoms with Crippen LogP contribution in [-0.4, -0.2) is 21.2 Å². The van der Waals surface area contributed by atoms with Crippen LogP contribution in [0.25, 0.3) is 0 Å². The first-order valence-corrected chi connectivity index (χ1v) is 9.90. The summed E-state index contributed by atoms with van der Waals surface area (Å²) in [5.41, 5.74) is 0.699. The summed E-state index contributed by atoms with van der Waals surface area (Å²) < 4.78 is 23.7. The molecule has 2 fully saturated rings. The van der Waals surface area contributed by atoms with Gasteiger partial charge in [-0.05, 0) is 55.7 Å². The maximum atomic E-state index is 11.8. The van der Waals surface area contributed by atoms with Crippen molar-refractivity contribution >= 4 is 21.4 Å². The lowest BCUT2D eigenvalue weighted by molar-refractivity contribution is 0.318. The van der Waals surface area contributed by atoms with Crippen LogP contribution in [-0.2, 0) is 16.4 Å². The molecule has 2 aliphatic carbocycles. The Labute approximate surface area is 132 Å². The van der Waals surface area contributed by atoms with Crippen molar-refractivity contribution in [3.05, 3.63) is 28.8 Å². The lowest BCUT2D eigenvalue weighted by Gasteiger charge is -2.22. The van der Waals surface area contributed by atoms with Crippen LogP contribution in [0.1, 0.15) is 31.2 Å². The van der Waals surface area contributed by atoms with Crippen LogP contribution in [0.15, 0.2) is 23.1 Å². The van der Waals surface area contributed by atoms with E-state index in [0.29, 0.717) is 22.0 Å². The van der Waals surface area contributed by atoms with E-state index >= 15 is 0 Å². The molecule has 5 heteroatoms. The molecule has 3 atom stereocenters. The predicted octanol–water partition coefficient (Wildman–Crippen LogP) is 3.27. The molecule has 3 unspecified atom stereocenters. The third-order valence-electron chi connectivity index (χ3n) is 5.07. The molecular weight excluding hydrogens is 306 g/mol. The van der Waals surface area contributed by atoms with E-state index < -0.39 is 9.84 Å². The Balaban J connectivity index is 1.65. The number of fused-ring (bicyclic) bond motifs is 2. The van der Waals surface area contributed by atoms with Crippen LogP contribution in [0.2, 0.25) is 5.02 Å². The largest absolute Gasteiger partial charge is 0.312 e. The van der Waals surface area contributed by atoms with Gasteiger partial charge in [0.1, 0.15) is 0 Å². The number of benzene rings is 1. The number of halogens is 1. The van der Waals surface area contributed by atoms with Crippen molar-refractivity contribution in [2.45, 2.75) is 37.1 Å². The molecule has 21 heavy (non-hydrogen) atoms. The van der Waals surface area contributed by atoms with E-state index in [4.69, 9.17) is 11.6 Å². The molecule has 0 radical (unpaired) electrons. The molecule has 1 N–H and O–H groups in total. The summed E-state index contributed by atoms with van der Waals surface area (Å²) in [5.74, 6) is 2.57. The molecule has 2 saturated carbocycles. The first-order chi connectivity index (χ1) is 9.95. The van der Waals surface area contributed by atoms with Crippen molar-refractivity contribution in [2.24, 2.45) is 17.8 Å². The summed E-state index contributed by atoms with van der Waals surface area (Å²) >= 11 is 6.19. The van der Waals surface area contributed by atoms with E-state index in [1.807, 2.05) is 0 Å². The minimum atomic E-state index is -3.24. The molecule has 3 nitrogen and oxygen atoms in total. The average Bonchev–Trinajstić information content (AvgIpc) is 3.01. The molecule has 0 saturated heterocycles. The molecule has 3 rings (SSSR count). The highest BCUT2D eigenvalue weighted by Gasteiger charge is 2.38. The monoisotopic (exact) mass is 327 g/mol. The van der Waals surface area contributed by atoms with Crippen LogP contribution in [0.4, 0.5) is 0 Å². The minimum Gasteiger partial charge on any atom is -0.312 e. The van der Waals surface area contributed by atoms with Crippen molar-refractivity contribution in [3.8, 4) is 0 Å². The van der Waals surface area contributed by atoms with Gasteiger partial charge >= 0.3 is 0 Å². The zero-order valence-electron chi connectivity index (χ0n) is 12.3. The van der Waals surface area contributed by atoms with Gasteiger partial charge in [-0.1, -0.05) is 24.1 Å². The van der Waals surface area contributed by atoms with Crippen molar-refractivity contribution in [1.29, 1.82) is 0 Å². The zero-order valence-corrected chi connectivity index (χ0v) is 13.9. The molecule has 1 aromatic rings. The molecule has 116 valence electrons. The molecule has 2 aliphatic rings. The Morgan fingerprint density at radius 1 is 1.29 bits per heavy atom. The Morgan fingerprint density at radius 3 is 2.71 bits per heavy atom. The number of hydrogen-bond donors (Lipinski definition) is 1. The topological polar surface area (TPSA) is 46.2 Å². The zero-order chi connectivity index (χ0) is 15.0. The molecule has 0 amide bonds. The number of hydrogen-bond acceptors (Lipinski definition) is 3. The van der Waals surface area contributed by atoms with Crippen molar-refractivity contribution in [2.75, 3.05) is 12.8 Å². The van der Waals surface area contributed by atoms with Crippen LogP contribution in [0, 0.1) is 17.8 Å².